The highest BCUT2D eigenvalue weighted by atomic mass is 35.5. The molecule has 0 spiro atoms. The van der Waals surface area contributed by atoms with Gasteiger partial charge in [0.25, 0.3) is 0 Å². The quantitative estimate of drug-likeness (QED) is 0.849. The van der Waals surface area contributed by atoms with Gasteiger partial charge in [-0.2, -0.15) is 0 Å². The van der Waals surface area contributed by atoms with Crippen LogP contribution in [0.1, 0.15) is 29.5 Å². The molecule has 4 nitrogen and oxygen atoms in total. The number of carbonyl (C=O) groups excluding carboxylic acids is 1. The molecule has 0 radical (unpaired) electrons. The van der Waals surface area contributed by atoms with E-state index in [4.69, 9.17) is 16.1 Å². The van der Waals surface area contributed by atoms with Gasteiger partial charge in [0.1, 0.15) is 5.76 Å². The smallest absolute Gasteiger partial charge is 0.227 e. The summed E-state index contributed by atoms with van der Waals surface area (Å²) in [5.74, 6) is 0.751. The summed E-state index contributed by atoms with van der Waals surface area (Å²) >= 11 is 6.16. The fourth-order valence-electron chi connectivity index (χ4n) is 2.23. The Morgan fingerprint density at radius 1 is 1.33 bits per heavy atom. The highest BCUT2D eigenvalue weighted by Gasteiger charge is 2.18. The van der Waals surface area contributed by atoms with Crippen LogP contribution in [0.3, 0.4) is 0 Å². The number of nitrogens with zero attached hydrogens (tertiary/aromatic N) is 2. The molecule has 0 atom stereocenters. The molecule has 2 rings (SSSR count). The molecule has 2 aromatic rings. The molecule has 0 bridgehead atoms. The van der Waals surface area contributed by atoms with Crippen molar-refractivity contribution in [3.05, 3.63) is 51.9 Å². The Balaban J connectivity index is 2.11. The van der Waals surface area contributed by atoms with Crippen molar-refractivity contribution in [3.8, 4) is 0 Å². The number of benzene rings is 1. The first kappa shape index (κ1) is 15.6. The predicted octanol–water partition coefficient (Wildman–Crippen LogP) is 3.54. The number of rotatable bonds is 5. The molecule has 1 aromatic heterocycles. The Labute approximate surface area is 129 Å². The van der Waals surface area contributed by atoms with Crippen molar-refractivity contribution in [1.82, 2.24) is 10.1 Å². The standard InChI is InChI=1S/C16H19ClN2O2/c1-4-19(10-13-7-5-6-8-15(13)17)16(20)9-14-11(2)18-21-12(14)3/h5-8H,4,9-10H2,1-3H3. The van der Waals surface area contributed by atoms with E-state index in [1.807, 2.05) is 45.0 Å². The van der Waals surface area contributed by atoms with Crippen molar-refractivity contribution in [2.45, 2.75) is 33.7 Å². The number of carbonyl (C=O) groups is 1. The third-order valence-corrected chi connectivity index (χ3v) is 3.93. The number of amides is 1. The van der Waals surface area contributed by atoms with Crippen molar-refractivity contribution < 1.29 is 9.32 Å². The molecule has 0 N–H and O–H groups in total. The lowest BCUT2D eigenvalue weighted by Gasteiger charge is -2.21. The first-order valence-electron chi connectivity index (χ1n) is 6.95. The zero-order valence-corrected chi connectivity index (χ0v) is 13.3. The van der Waals surface area contributed by atoms with Crippen LogP contribution in [0.25, 0.3) is 0 Å². The summed E-state index contributed by atoms with van der Waals surface area (Å²) < 4.78 is 5.11. The molecule has 0 saturated heterocycles. The molecule has 0 aliphatic heterocycles. The third-order valence-electron chi connectivity index (χ3n) is 3.56. The van der Waals surface area contributed by atoms with Crippen molar-refractivity contribution in [2.75, 3.05) is 6.54 Å². The zero-order chi connectivity index (χ0) is 15.4. The number of hydrogen-bond acceptors (Lipinski definition) is 3. The van der Waals surface area contributed by atoms with E-state index in [0.717, 1.165) is 16.8 Å². The Morgan fingerprint density at radius 3 is 2.62 bits per heavy atom. The van der Waals surface area contributed by atoms with Crippen LogP contribution in [0.2, 0.25) is 5.02 Å². The minimum atomic E-state index is 0.0480. The summed E-state index contributed by atoms with van der Waals surface area (Å²) in [6, 6.07) is 7.58. The van der Waals surface area contributed by atoms with E-state index in [9.17, 15) is 4.79 Å². The van der Waals surface area contributed by atoms with Gasteiger partial charge in [-0.1, -0.05) is 35.0 Å². The second-order valence-electron chi connectivity index (χ2n) is 4.98. The molecule has 112 valence electrons. The number of likely N-dealkylation sites (N-methyl/N-ethyl adjacent to an activating group) is 1. The topological polar surface area (TPSA) is 46.3 Å². The monoisotopic (exact) mass is 306 g/mol. The van der Waals surface area contributed by atoms with Crippen LogP contribution in [-0.4, -0.2) is 22.5 Å². The number of halogens is 1. The highest BCUT2D eigenvalue weighted by Crippen LogP contribution is 2.19. The average Bonchev–Trinajstić information content (AvgIpc) is 2.78. The molecule has 0 fully saturated rings. The normalized spacial score (nSPS) is 10.7. The minimum absolute atomic E-state index is 0.0480. The van der Waals surface area contributed by atoms with Crippen LogP contribution in [0.5, 0.6) is 0 Å². The lowest BCUT2D eigenvalue weighted by Crippen LogP contribution is -2.32. The van der Waals surface area contributed by atoms with Gasteiger partial charge in [0.2, 0.25) is 5.91 Å². The van der Waals surface area contributed by atoms with E-state index in [-0.39, 0.29) is 5.91 Å². The van der Waals surface area contributed by atoms with E-state index in [1.165, 1.54) is 0 Å². The lowest BCUT2D eigenvalue weighted by atomic mass is 10.1. The molecular weight excluding hydrogens is 288 g/mol. The van der Waals surface area contributed by atoms with Gasteiger partial charge in [0, 0.05) is 23.7 Å². The van der Waals surface area contributed by atoms with Gasteiger partial charge in [-0.25, -0.2) is 0 Å². The van der Waals surface area contributed by atoms with Crippen LogP contribution in [0, 0.1) is 13.8 Å². The lowest BCUT2D eigenvalue weighted by molar-refractivity contribution is -0.130. The summed E-state index contributed by atoms with van der Waals surface area (Å²) in [6.45, 7) is 6.78. The van der Waals surface area contributed by atoms with Gasteiger partial charge in [-0.3, -0.25) is 4.79 Å². The molecule has 1 heterocycles. The van der Waals surface area contributed by atoms with Crippen molar-refractivity contribution >= 4 is 17.5 Å². The Morgan fingerprint density at radius 2 is 2.05 bits per heavy atom. The average molecular weight is 307 g/mol. The first-order chi connectivity index (χ1) is 10.0. The van der Waals surface area contributed by atoms with Gasteiger partial charge in [-0.15, -0.1) is 0 Å². The van der Waals surface area contributed by atoms with Crippen LogP contribution in [-0.2, 0) is 17.8 Å². The molecule has 0 aliphatic rings. The van der Waals surface area contributed by atoms with Crippen LogP contribution >= 0.6 is 11.6 Å². The zero-order valence-electron chi connectivity index (χ0n) is 12.5. The largest absolute Gasteiger partial charge is 0.361 e. The SMILES string of the molecule is CCN(Cc1ccccc1Cl)C(=O)Cc1c(C)noc1C. The maximum atomic E-state index is 12.5. The van der Waals surface area contributed by atoms with Gasteiger partial charge >= 0.3 is 0 Å². The van der Waals surface area contributed by atoms with E-state index in [1.54, 1.807) is 4.90 Å². The molecule has 1 amide bonds. The van der Waals surface area contributed by atoms with Crippen molar-refractivity contribution in [2.24, 2.45) is 0 Å². The summed E-state index contributed by atoms with van der Waals surface area (Å²) in [5.41, 5.74) is 2.60. The van der Waals surface area contributed by atoms with E-state index >= 15 is 0 Å². The molecule has 0 aliphatic carbocycles. The maximum absolute atomic E-state index is 12.5. The summed E-state index contributed by atoms with van der Waals surface area (Å²) in [4.78, 5) is 14.3. The second kappa shape index (κ2) is 6.76. The summed E-state index contributed by atoms with van der Waals surface area (Å²) in [5, 5.41) is 4.57. The molecule has 0 saturated carbocycles. The summed E-state index contributed by atoms with van der Waals surface area (Å²) in [7, 11) is 0. The van der Waals surface area contributed by atoms with Crippen LogP contribution < -0.4 is 0 Å². The van der Waals surface area contributed by atoms with Gasteiger partial charge < -0.3 is 9.42 Å². The fourth-order valence-corrected chi connectivity index (χ4v) is 2.42. The van der Waals surface area contributed by atoms with E-state index < -0.39 is 0 Å². The molecule has 1 aromatic carbocycles. The maximum Gasteiger partial charge on any atom is 0.227 e. The van der Waals surface area contributed by atoms with Gasteiger partial charge in [0.15, 0.2) is 0 Å². The minimum Gasteiger partial charge on any atom is -0.361 e. The predicted molar refractivity (Wildman–Crippen MR) is 82.2 cm³/mol. The van der Waals surface area contributed by atoms with Gasteiger partial charge in [-0.05, 0) is 32.4 Å². The van der Waals surface area contributed by atoms with E-state index in [0.29, 0.717) is 30.3 Å². The van der Waals surface area contributed by atoms with Crippen LogP contribution in [0.4, 0.5) is 0 Å². The van der Waals surface area contributed by atoms with E-state index in [2.05, 4.69) is 5.16 Å². The molecular formula is C16H19ClN2O2. The first-order valence-corrected chi connectivity index (χ1v) is 7.33. The number of aromatic nitrogens is 1. The van der Waals surface area contributed by atoms with Crippen LogP contribution in [0.15, 0.2) is 28.8 Å². The molecule has 0 unspecified atom stereocenters. The van der Waals surface area contributed by atoms with Gasteiger partial charge in [0.05, 0.1) is 12.1 Å². The number of aryl methyl sites for hydroxylation is 2. The Hall–Kier alpha value is -1.81. The third kappa shape index (κ3) is 3.64. The Kier molecular flexibility index (Phi) is 5.02. The highest BCUT2D eigenvalue weighted by molar-refractivity contribution is 6.31. The fraction of sp³-hybridized carbons (Fsp3) is 0.375. The molecule has 21 heavy (non-hydrogen) atoms. The second-order valence-corrected chi connectivity index (χ2v) is 5.39. The number of hydrogen-bond donors (Lipinski definition) is 0. The van der Waals surface area contributed by atoms with Crippen molar-refractivity contribution in [1.29, 1.82) is 0 Å². The Bertz CT molecular complexity index is 617. The molecule has 5 heteroatoms. The summed E-state index contributed by atoms with van der Waals surface area (Å²) in [6.07, 6.45) is 0.305. The van der Waals surface area contributed by atoms with Crippen molar-refractivity contribution in [3.63, 3.8) is 0 Å².